The van der Waals surface area contributed by atoms with Crippen LogP contribution in [-0.2, 0) is 0 Å². The zero-order valence-electron chi connectivity index (χ0n) is 11.9. The summed E-state index contributed by atoms with van der Waals surface area (Å²) in [6.07, 6.45) is 4.46. The average molecular weight is 300 g/mol. The fraction of sp³-hybridized carbons (Fsp3) is 0.625. The molecule has 112 valence electrons. The lowest BCUT2D eigenvalue weighted by Crippen LogP contribution is -2.41. The summed E-state index contributed by atoms with van der Waals surface area (Å²) in [5, 5.41) is 11.1. The summed E-state index contributed by atoms with van der Waals surface area (Å²) < 4.78 is 13.2. The Balaban J connectivity index is 2.30. The zero-order valence-corrected chi connectivity index (χ0v) is 12.7. The van der Waals surface area contributed by atoms with E-state index in [-0.39, 0.29) is 16.3 Å². The second-order valence-corrected chi connectivity index (χ2v) is 6.41. The number of hydrogen-bond acceptors (Lipinski definition) is 2. The minimum Gasteiger partial charge on any atom is -0.388 e. The summed E-state index contributed by atoms with van der Waals surface area (Å²) in [4.78, 5) is 0. The van der Waals surface area contributed by atoms with Crippen molar-refractivity contribution in [2.24, 2.45) is 17.1 Å². The first kappa shape index (κ1) is 15.7. The number of aliphatic hydroxyl groups excluding tert-OH is 1. The van der Waals surface area contributed by atoms with Gasteiger partial charge >= 0.3 is 0 Å². The third kappa shape index (κ3) is 3.00. The lowest BCUT2D eigenvalue weighted by molar-refractivity contribution is -0.0161. The van der Waals surface area contributed by atoms with Gasteiger partial charge in [-0.1, -0.05) is 43.9 Å². The van der Waals surface area contributed by atoms with Crippen molar-refractivity contribution in [2.75, 3.05) is 6.54 Å². The van der Waals surface area contributed by atoms with E-state index >= 15 is 0 Å². The molecule has 0 bridgehead atoms. The lowest BCUT2D eigenvalue weighted by Gasteiger charge is -2.43. The third-order valence-corrected chi connectivity index (χ3v) is 5.13. The Hall–Kier alpha value is -0.640. The number of hydrogen-bond donors (Lipinski definition) is 2. The fourth-order valence-corrected chi connectivity index (χ4v) is 3.74. The highest BCUT2D eigenvalue weighted by Gasteiger charge is 2.42. The second-order valence-electron chi connectivity index (χ2n) is 6.01. The maximum Gasteiger partial charge on any atom is 0.124 e. The Morgan fingerprint density at radius 2 is 2.30 bits per heavy atom. The number of nitrogens with two attached hydrogens (primary N) is 1. The molecular weight excluding hydrogens is 277 g/mol. The average Bonchev–Trinajstić information content (AvgIpc) is 2.46. The molecule has 0 spiro atoms. The highest BCUT2D eigenvalue weighted by Crippen LogP contribution is 2.49. The normalized spacial score (nSPS) is 28.4. The molecular formula is C16H23ClFNO. The molecule has 1 aliphatic carbocycles. The first-order valence-corrected chi connectivity index (χ1v) is 7.73. The molecule has 0 aromatic heterocycles. The predicted molar refractivity (Wildman–Crippen MR) is 80.1 cm³/mol. The summed E-state index contributed by atoms with van der Waals surface area (Å²) in [6.45, 7) is 2.60. The molecule has 0 saturated heterocycles. The molecule has 1 aliphatic rings. The largest absolute Gasteiger partial charge is 0.388 e. The van der Waals surface area contributed by atoms with Gasteiger partial charge in [-0.25, -0.2) is 4.39 Å². The topological polar surface area (TPSA) is 46.2 Å². The lowest BCUT2D eigenvalue weighted by atomic mass is 9.64. The second kappa shape index (κ2) is 6.42. The van der Waals surface area contributed by atoms with Crippen LogP contribution < -0.4 is 5.73 Å². The molecule has 20 heavy (non-hydrogen) atoms. The van der Waals surface area contributed by atoms with Gasteiger partial charge in [-0.05, 0) is 36.5 Å². The van der Waals surface area contributed by atoms with Crippen molar-refractivity contribution in [3.63, 3.8) is 0 Å². The SMILES string of the molecule is CCC1CCCC(CN)(C(O)c2ccc(F)cc2Cl)C1. The van der Waals surface area contributed by atoms with Crippen LogP contribution in [0.5, 0.6) is 0 Å². The number of aliphatic hydroxyl groups is 1. The van der Waals surface area contributed by atoms with E-state index in [2.05, 4.69) is 6.92 Å². The van der Waals surface area contributed by atoms with E-state index in [0.29, 0.717) is 18.0 Å². The molecule has 0 amide bonds. The summed E-state index contributed by atoms with van der Waals surface area (Å²) in [6, 6.07) is 4.18. The molecule has 1 saturated carbocycles. The van der Waals surface area contributed by atoms with Crippen LogP contribution in [-0.4, -0.2) is 11.7 Å². The van der Waals surface area contributed by atoms with Gasteiger partial charge in [0.25, 0.3) is 0 Å². The van der Waals surface area contributed by atoms with Crippen LogP contribution in [0.25, 0.3) is 0 Å². The maximum atomic E-state index is 13.2. The van der Waals surface area contributed by atoms with Crippen molar-refractivity contribution >= 4 is 11.6 Å². The zero-order chi connectivity index (χ0) is 14.8. The van der Waals surface area contributed by atoms with E-state index in [1.165, 1.54) is 18.6 Å². The molecule has 0 radical (unpaired) electrons. The first-order valence-electron chi connectivity index (χ1n) is 7.35. The Labute approximate surface area is 125 Å². The van der Waals surface area contributed by atoms with Gasteiger partial charge in [0.2, 0.25) is 0 Å². The van der Waals surface area contributed by atoms with Crippen LogP contribution in [0, 0.1) is 17.2 Å². The van der Waals surface area contributed by atoms with Crippen molar-refractivity contribution in [1.82, 2.24) is 0 Å². The standard InChI is InChI=1S/C16H23ClFNO/c1-2-11-4-3-7-16(9-11,10-19)15(20)13-6-5-12(18)8-14(13)17/h5-6,8,11,15,20H,2-4,7,9-10,19H2,1H3. The van der Waals surface area contributed by atoms with Gasteiger partial charge in [0.1, 0.15) is 5.82 Å². The van der Waals surface area contributed by atoms with E-state index < -0.39 is 6.10 Å². The molecule has 0 aliphatic heterocycles. The Kier molecular flexibility index (Phi) is 5.05. The molecule has 3 atom stereocenters. The minimum absolute atomic E-state index is 0.281. The summed E-state index contributed by atoms with van der Waals surface area (Å²) in [5.74, 6) is 0.212. The smallest absolute Gasteiger partial charge is 0.124 e. The fourth-order valence-electron chi connectivity index (χ4n) is 3.47. The monoisotopic (exact) mass is 299 g/mol. The number of rotatable bonds is 4. The third-order valence-electron chi connectivity index (χ3n) is 4.80. The van der Waals surface area contributed by atoms with Gasteiger partial charge < -0.3 is 10.8 Å². The van der Waals surface area contributed by atoms with Crippen LogP contribution in [0.4, 0.5) is 4.39 Å². The Morgan fingerprint density at radius 3 is 2.90 bits per heavy atom. The van der Waals surface area contributed by atoms with E-state index in [4.69, 9.17) is 17.3 Å². The van der Waals surface area contributed by atoms with Crippen LogP contribution in [0.15, 0.2) is 18.2 Å². The molecule has 3 unspecified atom stereocenters. The molecule has 4 heteroatoms. The van der Waals surface area contributed by atoms with E-state index in [9.17, 15) is 9.50 Å². The van der Waals surface area contributed by atoms with Crippen molar-refractivity contribution < 1.29 is 9.50 Å². The van der Waals surface area contributed by atoms with Crippen LogP contribution >= 0.6 is 11.6 Å². The molecule has 3 N–H and O–H groups in total. The summed E-state index contributed by atoms with van der Waals surface area (Å²) in [7, 11) is 0. The summed E-state index contributed by atoms with van der Waals surface area (Å²) >= 11 is 6.09. The molecule has 2 nitrogen and oxygen atoms in total. The van der Waals surface area contributed by atoms with E-state index in [1.807, 2.05) is 0 Å². The molecule has 1 aromatic rings. The van der Waals surface area contributed by atoms with Crippen LogP contribution in [0.1, 0.15) is 50.7 Å². The van der Waals surface area contributed by atoms with Gasteiger partial charge in [-0.15, -0.1) is 0 Å². The van der Waals surface area contributed by atoms with Gasteiger partial charge in [-0.3, -0.25) is 0 Å². The molecule has 2 rings (SSSR count). The van der Waals surface area contributed by atoms with E-state index in [0.717, 1.165) is 25.7 Å². The van der Waals surface area contributed by atoms with Crippen molar-refractivity contribution in [2.45, 2.75) is 45.1 Å². The summed E-state index contributed by atoms with van der Waals surface area (Å²) in [5.41, 5.74) is 6.26. The number of benzene rings is 1. The van der Waals surface area contributed by atoms with Crippen molar-refractivity contribution in [3.05, 3.63) is 34.6 Å². The molecule has 1 fully saturated rings. The van der Waals surface area contributed by atoms with Crippen molar-refractivity contribution in [1.29, 1.82) is 0 Å². The van der Waals surface area contributed by atoms with Gasteiger partial charge in [0.15, 0.2) is 0 Å². The maximum absolute atomic E-state index is 13.2. The number of halogens is 2. The first-order chi connectivity index (χ1) is 9.52. The minimum atomic E-state index is -0.727. The van der Waals surface area contributed by atoms with E-state index in [1.54, 1.807) is 6.07 Å². The van der Waals surface area contributed by atoms with Gasteiger partial charge in [0, 0.05) is 17.0 Å². The van der Waals surface area contributed by atoms with Gasteiger partial charge in [0.05, 0.1) is 6.10 Å². The molecule has 0 heterocycles. The predicted octanol–water partition coefficient (Wildman–Crippen LogP) is 4.06. The Morgan fingerprint density at radius 1 is 1.55 bits per heavy atom. The van der Waals surface area contributed by atoms with Gasteiger partial charge in [-0.2, -0.15) is 0 Å². The quantitative estimate of drug-likeness (QED) is 0.881. The van der Waals surface area contributed by atoms with Crippen molar-refractivity contribution in [3.8, 4) is 0 Å². The highest BCUT2D eigenvalue weighted by molar-refractivity contribution is 6.31. The van der Waals surface area contributed by atoms with Crippen LogP contribution in [0.3, 0.4) is 0 Å². The molecule has 1 aromatic carbocycles. The van der Waals surface area contributed by atoms with Crippen LogP contribution in [0.2, 0.25) is 5.02 Å². The highest BCUT2D eigenvalue weighted by atomic mass is 35.5. The Bertz CT molecular complexity index is 468.